The Balaban J connectivity index is 1.33. The molecule has 4 rings (SSSR count). The van der Waals surface area contributed by atoms with Crippen molar-refractivity contribution in [2.75, 3.05) is 16.6 Å². The van der Waals surface area contributed by atoms with Crippen LogP contribution in [0.5, 0.6) is 0 Å². The molecule has 1 aromatic heterocycles. The number of fused-ring (bicyclic) bond motifs is 1. The van der Waals surface area contributed by atoms with Crippen molar-refractivity contribution >= 4 is 39.3 Å². The molecule has 0 saturated carbocycles. The first-order chi connectivity index (χ1) is 15.7. The summed E-state index contributed by atoms with van der Waals surface area (Å²) in [7, 11) is -3.90. The second-order valence-electron chi connectivity index (χ2n) is 8.13. The fraction of sp³-hybridized carbons (Fsp3) is 0.364. The molecule has 11 heteroatoms. The van der Waals surface area contributed by atoms with Gasteiger partial charge >= 0.3 is 0 Å². The van der Waals surface area contributed by atoms with E-state index >= 15 is 0 Å². The van der Waals surface area contributed by atoms with E-state index in [2.05, 4.69) is 15.2 Å². The molecule has 2 aliphatic rings. The maximum absolute atomic E-state index is 12.6. The minimum absolute atomic E-state index is 0.0153. The lowest BCUT2D eigenvalue weighted by Crippen LogP contribution is -2.34. The highest BCUT2D eigenvalue weighted by molar-refractivity contribution is 7.92. The van der Waals surface area contributed by atoms with Crippen LogP contribution in [-0.4, -0.2) is 42.7 Å². The third-order valence-corrected chi connectivity index (χ3v) is 7.34. The van der Waals surface area contributed by atoms with Gasteiger partial charge in [-0.25, -0.2) is 13.1 Å². The van der Waals surface area contributed by atoms with E-state index in [0.29, 0.717) is 29.8 Å². The Hall–Kier alpha value is -3.47. The van der Waals surface area contributed by atoms with Crippen molar-refractivity contribution in [3.05, 3.63) is 47.7 Å². The molecule has 0 spiro atoms. The van der Waals surface area contributed by atoms with Crippen LogP contribution in [0.2, 0.25) is 0 Å². The molecule has 2 N–H and O–H groups in total. The summed E-state index contributed by atoms with van der Waals surface area (Å²) >= 11 is 0. The lowest BCUT2D eigenvalue weighted by atomic mass is 9.85. The summed E-state index contributed by atoms with van der Waals surface area (Å²) in [5.41, 5.74) is 1.56. The number of carbonyl (C=O) groups excluding carboxylic acids is 3. The number of nitrogens with one attached hydrogen (secondary N) is 2. The van der Waals surface area contributed by atoms with Crippen LogP contribution in [0.25, 0.3) is 0 Å². The first kappa shape index (κ1) is 22.7. The van der Waals surface area contributed by atoms with Gasteiger partial charge in [-0.15, -0.1) is 0 Å². The minimum Gasteiger partial charge on any atom is -0.337 e. The van der Waals surface area contributed by atoms with E-state index < -0.39 is 10.0 Å². The molecule has 1 aliphatic carbocycles. The summed E-state index contributed by atoms with van der Waals surface area (Å²) in [6, 6.07) is 5.61. The molecule has 3 amide bonds. The van der Waals surface area contributed by atoms with E-state index in [1.807, 2.05) is 12.2 Å². The Kier molecular flexibility index (Phi) is 6.07. The zero-order valence-electron chi connectivity index (χ0n) is 18.2. The van der Waals surface area contributed by atoms with Crippen molar-refractivity contribution in [2.24, 2.45) is 11.8 Å². The Labute approximate surface area is 191 Å². The third kappa shape index (κ3) is 4.54. The Bertz CT molecular complexity index is 1210. The number of imide groups is 1. The molecule has 174 valence electrons. The molecule has 0 bridgehead atoms. The largest absolute Gasteiger partial charge is 0.337 e. The number of rotatable bonds is 7. The molecule has 10 nitrogen and oxygen atoms in total. The third-order valence-electron chi connectivity index (χ3n) is 5.99. The fourth-order valence-corrected chi connectivity index (χ4v) is 4.98. The normalized spacial score (nSPS) is 20.1. The van der Waals surface area contributed by atoms with Crippen LogP contribution >= 0.6 is 0 Å². The summed E-state index contributed by atoms with van der Waals surface area (Å²) in [5.74, 6) is -1.42. The Morgan fingerprint density at radius 3 is 2.24 bits per heavy atom. The summed E-state index contributed by atoms with van der Waals surface area (Å²) in [5, 5.41) is 6.37. The topological polar surface area (TPSA) is 139 Å². The number of sulfonamides is 1. The first-order valence-corrected chi connectivity index (χ1v) is 12.0. The quantitative estimate of drug-likeness (QED) is 0.466. The van der Waals surface area contributed by atoms with Gasteiger partial charge in [0.25, 0.3) is 10.0 Å². The van der Waals surface area contributed by atoms with Gasteiger partial charge in [0.2, 0.25) is 23.6 Å². The van der Waals surface area contributed by atoms with E-state index in [9.17, 15) is 22.8 Å². The zero-order valence-corrected chi connectivity index (χ0v) is 19.0. The molecule has 2 aromatic rings. The van der Waals surface area contributed by atoms with Gasteiger partial charge in [-0.2, -0.15) is 0 Å². The highest BCUT2D eigenvalue weighted by Crippen LogP contribution is 2.35. The molecule has 0 radical (unpaired) electrons. The number of likely N-dealkylation sites (tertiary alicyclic amines) is 1. The highest BCUT2D eigenvalue weighted by atomic mass is 32.2. The van der Waals surface area contributed by atoms with Gasteiger partial charge in [-0.3, -0.25) is 19.3 Å². The molecule has 2 unspecified atom stereocenters. The van der Waals surface area contributed by atoms with Crippen LogP contribution in [0, 0.1) is 25.7 Å². The molecule has 1 saturated heterocycles. The van der Waals surface area contributed by atoms with Gasteiger partial charge in [-0.05, 0) is 51.0 Å². The average molecular weight is 473 g/mol. The molecule has 1 aromatic carbocycles. The number of aromatic nitrogens is 1. The van der Waals surface area contributed by atoms with E-state index in [1.54, 1.807) is 13.8 Å². The number of hydrogen-bond donors (Lipinski definition) is 2. The molecule has 2 heterocycles. The van der Waals surface area contributed by atoms with Gasteiger partial charge in [0, 0.05) is 24.2 Å². The van der Waals surface area contributed by atoms with Crippen molar-refractivity contribution in [1.82, 2.24) is 10.1 Å². The maximum atomic E-state index is 12.6. The lowest BCUT2D eigenvalue weighted by molar-refractivity contribution is -0.140. The second-order valence-corrected chi connectivity index (χ2v) is 9.82. The van der Waals surface area contributed by atoms with Gasteiger partial charge in [-0.1, -0.05) is 17.3 Å². The molecular weight excluding hydrogens is 448 g/mol. The van der Waals surface area contributed by atoms with Gasteiger partial charge < -0.3 is 9.84 Å². The lowest BCUT2D eigenvalue weighted by Gasteiger charge is -2.14. The number of carbonyl (C=O) groups is 3. The van der Waals surface area contributed by atoms with Crippen molar-refractivity contribution in [1.29, 1.82) is 0 Å². The number of amides is 3. The van der Waals surface area contributed by atoms with E-state index in [1.165, 1.54) is 29.2 Å². The van der Waals surface area contributed by atoms with Crippen LogP contribution in [0.3, 0.4) is 0 Å². The van der Waals surface area contributed by atoms with E-state index in [4.69, 9.17) is 4.52 Å². The molecule has 33 heavy (non-hydrogen) atoms. The van der Waals surface area contributed by atoms with Crippen LogP contribution in [0.15, 0.2) is 45.8 Å². The molecule has 1 aliphatic heterocycles. The van der Waals surface area contributed by atoms with Gasteiger partial charge in [0.05, 0.1) is 22.4 Å². The predicted octanol–water partition coefficient (Wildman–Crippen LogP) is 2.37. The standard InChI is InChI=1S/C22H24N4O6S/c1-13-14(2)24-32-20(13)25-33(30,31)16-9-7-15(8-10-16)23-19(27)11-12-26-21(28)17-5-3-4-6-18(17)22(26)29/h3-4,7-10,17-18,25H,5-6,11-12H2,1-2H3,(H,23,27). The number of benzene rings is 1. The van der Waals surface area contributed by atoms with E-state index in [-0.39, 0.29) is 53.3 Å². The van der Waals surface area contributed by atoms with Crippen LogP contribution in [-0.2, 0) is 24.4 Å². The van der Waals surface area contributed by atoms with Gasteiger partial charge in [0.1, 0.15) is 0 Å². The number of anilines is 2. The summed E-state index contributed by atoms with van der Waals surface area (Å²) in [6.07, 6.45) is 4.89. The van der Waals surface area contributed by atoms with Crippen LogP contribution in [0.4, 0.5) is 11.6 Å². The van der Waals surface area contributed by atoms with Crippen LogP contribution in [0.1, 0.15) is 30.5 Å². The second kappa shape index (κ2) is 8.81. The van der Waals surface area contributed by atoms with Crippen molar-refractivity contribution in [3.8, 4) is 0 Å². The molecule has 2 atom stereocenters. The summed E-state index contributed by atoms with van der Waals surface area (Å²) in [4.78, 5) is 38.4. The molecular formula is C22H24N4O6S. The number of nitrogens with zero attached hydrogens (tertiary/aromatic N) is 2. The minimum atomic E-state index is -3.90. The average Bonchev–Trinajstić information content (AvgIpc) is 3.23. The number of aryl methyl sites for hydroxylation is 1. The monoisotopic (exact) mass is 472 g/mol. The van der Waals surface area contributed by atoms with Crippen LogP contribution < -0.4 is 10.0 Å². The summed E-state index contributed by atoms with van der Waals surface area (Å²) < 4.78 is 32.4. The zero-order chi connectivity index (χ0) is 23.8. The SMILES string of the molecule is Cc1noc(NS(=O)(=O)c2ccc(NC(=O)CCN3C(=O)C4CC=CCC4C3=O)cc2)c1C. The Morgan fingerprint density at radius 1 is 1.09 bits per heavy atom. The van der Waals surface area contributed by atoms with Crippen molar-refractivity contribution in [2.45, 2.75) is 38.0 Å². The van der Waals surface area contributed by atoms with Crippen molar-refractivity contribution in [3.63, 3.8) is 0 Å². The highest BCUT2D eigenvalue weighted by Gasteiger charge is 2.46. The van der Waals surface area contributed by atoms with Gasteiger partial charge in [0.15, 0.2) is 0 Å². The smallest absolute Gasteiger partial charge is 0.264 e. The molecule has 1 fully saturated rings. The van der Waals surface area contributed by atoms with Crippen molar-refractivity contribution < 1.29 is 27.3 Å². The first-order valence-electron chi connectivity index (χ1n) is 10.5. The predicted molar refractivity (Wildman–Crippen MR) is 119 cm³/mol. The number of hydrogen-bond acceptors (Lipinski definition) is 7. The maximum Gasteiger partial charge on any atom is 0.264 e. The summed E-state index contributed by atoms with van der Waals surface area (Å²) in [6.45, 7) is 3.41. The van der Waals surface area contributed by atoms with E-state index in [0.717, 1.165) is 0 Å². The Morgan fingerprint density at radius 2 is 1.70 bits per heavy atom. The number of allylic oxidation sites excluding steroid dienone is 2. The fourth-order valence-electron chi connectivity index (χ4n) is 3.94.